The molecule has 2 rings (SSSR count). The molecular weight excluding hydrogens is 282 g/mol. The van der Waals surface area contributed by atoms with Crippen LogP contribution in [0.4, 0.5) is 5.69 Å². The van der Waals surface area contributed by atoms with E-state index in [-0.39, 0.29) is 5.97 Å². The van der Waals surface area contributed by atoms with Gasteiger partial charge in [-0.15, -0.1) is 0 Å². The summed E-state index contributed by atoms with van der Waals surface area (Å²) < 4.78 is 9.94. The maximum Gasteiger partial charge on any atom is 0.337 e. The number of carbonyl (C=O) groups excluding carboxylic acids is 1. The Bertz CT molecular complexity index is 650. The summed E-state index contributed by atoms with van der Waals surface area (Å²) in [6.45, 7) is 6.59. The number of anilines is 1. The average Bonchev–Trinajstić information content (AvgIpc) is 2.92. The molecular formula is C16H21N3O3. The summed E-state index contributed by atoms with van der Waals surface area (Å²) >= 11 is 0. The fraction of sp³-hybridized carbons (Fsp3) is 0.438. The fourth-order valence-corrected chi connectivity index (χ4v) is 2.04. The van der Waals surface area contributed by atoms with Gasteiger partial charge in [0, 0.05) is 12.1 Å². The van der Waals surface area contributed by atoms with Gasteiger partial charge in [0.2, 0.25) is 5.89 Å². The molecule has 0 unspecified atom stereocenters. The van der Waals surface area contributed by atoms with Gasteiger partial charge in [0.05, 0.1) is 19.2 Å². The molecule has 1 heterocycles. The van der Waals surface area contributed by atoms with Crippen LogP contribution in [-0.4, -0.2) is 23.2 Å². The number of nitrogens with zero attached hydrogens (tertiary/aromatic N) is 2. The van der Waals surface area contributed by atoms with Gasteiger partial charge in [-0.2, -0.15) is 4.98 Å². The summed E-state index contributed by atoms with van der Waals surface area (Å²) in [7, 11) is 1.37. The van der Waals surface area contributed by atoms with Crippen molar-refractivity contribution in [2.45, 2.75) is 33.7 Å². The number of rotatable bonds is 6. The van der Waals surface area contributed by atoms with E-state index in [1.165, 1.54) is 7.11 Å². The molecule has 6 nitrogen and oxygen atoms in total. The second kappa shape index (κ2) is 7.06. The third-order valence-corrected chi connectivity index (χ3v) is 3.19. The third-order valence-electron chi connectivity index (χ3n) is 3.19. The van der Waals surface area contributed by atoms with E-state index in [2.05, 4.69) is 29.3 Å². The number of nitrogens with one attached hydrogen (secondary N) is 1. The topological polar surface area (TPSA) is 77.2 Å². The normalized spacial score (nSPS) is 10.8. The second-order valence-corrected chi connectivity index (χ2v) is 5.58. The second-order valence-electron chi connectivity index (χ2n) is 5.58. The molecule has 0 aliphatic heterocycles. The van der Waals surface area contributed by atoms with Gasteiger partial charge in [0.15, 0.2) is 5.82 Å². The fourth-order valence-electron chi connectivity index (χ4n) is 2.04. The first-order valence-electron chi connectivity index (χ1n) is 7.24. The van der Waals surface area contributed by atoms with E-state index < -0.39 is 0 Å². The number of aromatic nitrogens is 2. The van der Waals surface area contributed by atoms with Gasteiger partial charge < -0.3 is 14.6 Å². The van der Waals surface area contributed by atoms with E-state index in [4.69, 9.17) is 9.26 Å². The predicted octanol–water partition coefficient (Wildman–Crippen LogP) is 2.98. The molecule has 0 spiro atoms. The monoisotopic (exact) mass is 303 g/mol. The molecule has 0 atom stereocenters. The lowest BCUT2D eigenvalue weighted by Gasteiger charge is -2.09. The number of methoxy groups -OCH3 is 1. The Balaban J connectivity index is 2.04. The maximum atomic E-state index is 11.6. The van der Waals surface area contributed by atoms with Crippen molar-refractivity contribution in [3.05, 3.63) is 41.0 Å². The molecule has 1 aromatic carbocycles. The minimum Gasteiger partial charge on any atom is -0.465 e. The summed E-state index contributed by atoms with van der Waals surface area (Å²) in [6.07, 6.45) is 0.792. The third kappa shape index (κ3) is 4.07. The molecule has 0 aliphatic carbocycles. The summed E-state index contributed by atoms with van der Waals surface area (Å²) in [6, 6.07) is 5.36. The molecule has 118 valence electrons. The van der Waals surface area contributed by atoms with Crippen LogP contribution in [0.2, 0.25) is 0 Å². The number of hydrogen-bond acceptors (Lipinski definition) is 6. The van der Waals surface area contributed by atoms with E-state index >= 15 is 0 Å². The average molecular weight is 303 g/mol. The highest BCUT2D eigenvalue weighted by Gasteiger charge is 2.10. The molecule has 0 radical (unpaired) electrons. The van der Waals surface area contributed by atoms with Crippen LogP contribution in [0.1, 0.15) is 41.5 Å². The molecule has 6 heteroatoms. The summed E-state index contributed by atoms with van der Waals surface area (Å²) in [5.41, 5.74) is 2.36. The molecule has 22 heavy (non-hydrogen) atoms. The van der Waals surface area contributed by atoms with Crippen molar-refractivity contribution < 1.29 is 14.1 Å². The Labute approximate surface area is 129 Å². The van der Waals surface area contributed by atoms with E-state index in [9.17, 15) is 4.79 Å². The molecule has 0 aliphatic rings. The van der Waals surface area contributed by atoms with Gasteiger partial charge in [0.1, 0.15) is 0 Å². The smallest absolute Gasteiger partial charge is 0.337 e. The molecule has 1 N–H and O–H groups in total. The van der Waals surface area contributed by atoms with Crippen LogP contribution in [0, 0.1) is 12.8 Å². The van der Waals surface area contributed by atoms with Crippen LogP contribution in [0.3, 0.4) is 0 Å². The SMILES string of the molecule is COC(=O)c1ccc(C)c(NCc2nc(CC(C)C)no2)c1. The van der Waals surface area contributed by atoms with Crippen LogP contribution >= 0.6 is 0 Å². The van der Waals surface area contributed by atoms with Crippen molar-refractivity contribution in [2.75, 3.05) is 12.4 Å². The highest BCUT2D eigenvalue weighted by atomic mass is 16.5. The number of esters is 1. The number of carbonyl (C=O) groups is 1. The van der Waals surface area contributed by atoms with Crippen molar-refractivity contribution in [3.8, 4) is 0 Å². The Morgan fingerprint density at radius 1 is 1.41 bits per heavy atom. The summed E-state index contributed by atoms with van der Waals surface area (Å²) in [4.78, 5) is 15.9. The van der Waals surface area contributed by atoms with Crippen molar-refractivity contribution in [1.29, 1.82) is 0 Å². The first-order chi connectivity index (χ1) is 10.5. The van der Waals surface area contributed by atoms with Crippen molar-refractivity contribution >= 4 is 11.7 Å². The molecule has 0 amide bonds. The van der Waals surface area contributed by atoms with Gasteiger partial charge in [-0.1, -0.05) is 25.1 Å². The minimum atomic E-state index is -0.361. The molecule has 0 fully saturated rings. The zero-order valence-electron chi connectivity index (χ0n) is 13.3. The van der Waals surface area contributed by atoms with Gasteiger partial charge in [-0.05, 0) is 30.5 Å². The quantitative estimate of drug-likeness (QED) is 0.827. The first-order valence-corrected chi connectivity index (χ1v) is 7.24. The molecule has 0 saturated carbocycles. The van der Waals surface area contributed by atoms with E-state index in [1.807, 2.05) is 13.0 Å². The zero-order chi connectivity index (χ0) is 16.1. The lowest BCUT2D eigenvalue weighted by molar-refractivity contribution is 0.0601. The maximum absolute atomic E-state index is 11.6. The standard InChI is InChI=1S/C16H21N3O3/c1-10(2)7-14-18-15(22-19-14)9-17-13-8-12(16(20)21-4)6-5-11(13)3/h5-6,8,10,17H,7,9H2,1-4H3. The van der Waals surface area contributed by atoms with Gasteiger partial charge in [-0.25, -0.2) is 4.79 Å². The van der Waals surface area contributed by atoms with Crippen LogP contribution in [-0.2, 0) is 17.7 Å². The first kappa shape index (κ1) is 16.0. The molecule has 2 aromatic rings. The van der Waals surface area contributed by atoms with E-state index in [0.717, 1.165) is 17.7 Å². The van der Waals surface area contributed by atoms with Gasteiger partial charge in [0.25, 0.3) is 0 Å². The van der Waals surface area contributed by atoms with Crippen molar-refractivity contribution in [1.82, 2.24) is 10.1 Å². The van der Waals surface area contributed by atoms with Crippen LogP contribution in [0.25, 0.3) is 0 Å². The number of ether oxygens (including phenoxy) is 1. The highest BCUT2D eigenvalue weighted by molar-refractivity contribution is 5.90. The highest BCUT2D eigenvalue weighted by Crippen LogP contribution is 2.18. The Morgan fingerprint density at radius 3 is 2.86 bits per heavy atom. The van der Waals surface area contributed by atoms with Crippen molar-refractivity contribution in [2.24, 2.45) is 5.92 Å². The summed E-state index contributed by atoms with van der Waals surface area (Å²) in [5, 5.41) is 7.16. The van der Waals surface area contributed by atoms with Crippen molar-refractivity contribution in [3.63, 3.8) is 0 Å². The largest absolute Gasteiger partial charge is 0.465 e. The van der Waals surface area contributed by atoms with Gasteiger partial charge >= 0.3 is 5.97 Å². The molecule has 0 bridgehead atoms. The molecule has 0 saturated heterocycles. The van der Waals surface area contributed by atoms with Gasteiger partial charge in [-0.3, -0.25) is 0 Å². The number of aryl methyl sites for hydroxylation is 1. The lowest BCUT2D eigenvalue weighted by atomic mass is 10.1. The Morgan fingerprint density at radius 2 is 2.18 bits per heavy atom. The summed E-state index contributed by atoms with van der Waals surface area (Å²) in [5.74, 6) is 1.36. The molecule has 1 aromatic heterocycles. The predicted molar refractivity (Wildman–Crippen MR) is 82.7 cm³/mol. The van der Waals surface area contributed by atoms with E-state index in [0.29, 0.717) is 29.7 Å². The number of benzene rings is 1. The Hall–Kier alpha value is -2.37. The van der Waals surface area contributed by atoms with Crippen LogP contribution in [0.15, 0.2) is 22.7 Å². The Kier molecular flexibility index (Phi) is 5.14. The zero-order valence-corrected chi connectivity index (χ0v) is 13.3. The van der Waals surface area contributed by atoms with E-state index in [1.54, 1.807) is 12.1 Å². The van der Waals surface area contributed by atoms with Crippen LogP contribution < -0.4 is 5.32 Å². The lowest BCUT2D eigenvalue weighted by Crippen LogP contribution is -2.06. The van der Waals surface area contributed by atoms with Crippen LogP contribution in [0.5, 0.6) is 0 Å². The number of hydrogen-bond donors (Lipinski definition) is 1. The minimum absolute atomic E-state index is 0.361.